The third-order valence-electron chi connectivity index (χ3n) is 5.64. The highest BCUT2D eigenvalue weighted by atomic mass is 16.6. The molecule has 3 aromatic rings. The van der Waals surface area contributed by atoms with E-state index in [0.29, 0.717) is 30.7 Å². The SMILES string of the molecule is CC(C)(C)OC(=O)NC(=N)c1ccc2c(c1)C(CCN(C(=O)c1ccccc1)c1ccc[nH]1)CO2. The number of aromatic nitrogens is 1. The van der Waals surface area contributed by atoms with Crippen molar-refractivity contribution in [2.24, 2.45) is 0 Å². The smallest absolute Gasteiger partial charge is 0.413 e. The Hall–Kier alpha value is -4.07. The van der Waals surface area contributed by atoms with Crippen LogP contribution in [0.15, 0.2) is 66.9 Å². The fourth-order valence-corrected chi connectivity index (χ4v) is 3.99. The number of anilines is 1. The lowest BCUT2D eigenvalue weighted by atomic mass is 9.95. The van der Waals surface area contributed by atoms with Crippen molar-refractivity contribution in [3.05, 3.63) is 83.6 Å². The van der Waals surface area contributed by atoms with Crippen LogP contribution in [0.1, 0.15) is 54.6 Å². The number of nitrogens with zero attached hydrogens (tertiary/aromatic N) is 1. The molecular formula is C27H30N4O4. The molecule has 182 valence electrons. The molecule has 1 aromatic heterocycles. The van der Waals surface area contributed by atoms with Crippen molar-refractivity contribution in [2.45, 2.75) is 38.7 Å². The van der Waals surface area contributed by atoms with Crippen LogP contribution in [-0.2, 0) is 4.74 Å². The standard InChI is InChI=1S/C27H30N4O4/c1-27(2,3)35-26(33)30-24(28)19-11-12-22-21(16-19)20(17-34-22)13-15-31(23-10-7-14-29-23)25(32)18-8-5-4-6-9-18/h4-12,14,16,20,29H,13,15,17H2,1-3H3,(H2,28,30,33). The largest absolute Gasteiger partial charge is 0.493 e. The molecule has 2 aromatic carbocycles. The Morgan fingerprint density at radius 2 is 1.89 bits per heavy atom. The molecule has 0 spiro atoms. The molecule has 3 N–H and O–H groups in total. The van der Waals surface area contributed by atoms with Crippen molar-refractivity contribution < 1.29 is 19.1 Å². The van der Waals surface area contributed by atoms with Crippen molar-refractivity contribution in [1.29, 1.82) is 5.41 Å². The number of ether oxygens (including phenoxy) is 2. The number of alkyl carbamates (subject to hydrolysis) is 1. The second-order valence-corrected chi connectivity index (χ2v) is 9.43. The molecule has 0 saturated heterocycles. The topological polar surface area (TPSA) is 108 Å². The highest BCUT2D eigenvalue weighted by Crippen LogP contribution is 2.37. The summed E-state index contributed by atoms with van der Waals surface area (Å²) >= 11 is 0. The van der Waals surface area contributed by atoms with Crippen LogP contribution in [0.5, 0.6) is 5.75 Å². The van der Waals surface area contributed by atoms with Gasteiger partial charge in [0.05, 0.1) is 6.61 Å². The summed E-state index contributed by atoms with van der Waals surface area (Å²) in [6.07, 6.45) is 1.79. The molecule has 0 bridgehead atoms. The second-order valence-electron chi connectivity index (χ2n) is 9.43. The Balaban J connectivity index is 1.47. The normalized spacial score (nSPS) is 14.5. The molecule has 0 saturated carbocycles. The van der Waals surface area contributed by atoms with Gasteiger partial charge in [-0.05, 0) is 69.7 Å². The van der Waals surface area contributed by atoms with Gasteiger partial charge in [0, 0.05) is 35.3 Å². The van der Waals surface area contributed by atoms with E-state index in [0.717, 1.165) is 17.1 Å². The molecule has 0 aliphatic carbocycles. The van der Waals surface area contributed by atoms with Gasteiger partial charge in [0.1, 0.15) is 23.0 Å². The second kappa shape index (κ2) is 10.0. The van der Waals surface area contributed by atoms with Crippen LogP contribution in [0, 0.1) is 5.41 Å². The van der Waals surface area contributed by atoms with E-state index in [-0.39, 0.29) is 17.7 Å². The number of hydrogen-bond acceptors (Lipinski definition) is 5. The molecule has 1 aliphatic rings. The minimum atomic E-state index is -0.670. The van der Waals surface area contributed by atoms with Gasteiger partial charge in [-0.1, -0.05) is 18.2 Å². The lowest BCUT2D eigenvalue weighted by molar-refractivity contribution is 0.0563. The minimum Gasteiger partial charge on any atom is -0.493 e. The van der Waals surface area contributed by atoms with Crippen LogP contribution in [0.3, 0.4) is 0 Å². The van der Waals surface area contributed by atoms with Gasteiger partial charge in [0.25, 0.3) is 5.91 Å². The fraction of sp³-hybridized carbons (Fsp3) is 0.296. The van der Waals surface area contributed by atoms with Crippen LogP contribution in [0.4, 0.5) is 10.6 Å². The van der Waals surface area contributed by atoms with Gasteiger partial charge in [-0.15, -0.1) is 0 Å². The van der Waals surface area contributed by atoms with Crippen LogP contribution in [0.25, 0.3) is 0 Å². The predicted molar refractivity (Wildman–Crippen MR) is 134 cm³/mol. The summed E-state index contributed by atoms with van der Waals surface area (Å²) in [6.45, 7) is 6.29. The number of carbonyl (C=O) groups excluding carboxylic acids is 2. The number of amidine groups is 1. The molecular weight excluding hydrogens is 444 g/mol. The molecule has 8 heteroatoms. The summed E-state index contributed by atoms with van der Waals surface area (Å²) in [4.78, 5) is 30.2. The maximum absolute atomic E-state index is 13.2. The van der Waals surface area contributed by atoms with E-state index < -0.39 is 11.7 Å². The van der Waals surface area contributed by atoms with E-state index in [1.54, 1.807) is 37.9 Å². The number of rotatable bonds is 6. The van der Waals surface area contributed by atoms with E-state index in [4.69, 9.17) is 14.9 Å². The summed E-state index contributed by atoms with van der Waals surface area (Å²) in [5.74, 6) is 1.41. The monoisotopic (exact) mass is 474 g/mol. The molecule has 1 atom stereocenters. The van der Waals surface area contributed by atoms with Gasteiger partial charge in [-0.2, -0.15) is 0 Å². The number of H-pyrrole nitrogens is 1. The quantitative estimate of drug-likeness (QED) is 0.342. The lowest BCUT2D eigenvalue weighted by Gasteiger charge is -2.23. The number of carbonyl (C=O) groups is 2. The fourth-order valence-electron chi connectivity index (χ4n) is 3.99. The Labute approximate surface area is 204 Å². The van der Waals surface area contributed by atoms with Gasteiger partial charge in [-0.3, -0.25) is 20.4 Å². The van der Waals surface area contributed by atoms with Gasteiger partial charge < -0.3 is 14.5 Å². The van der Waals surface area contributed by atoms with Crippen molar-refractivity contribution in [3.8, 4) is 5.75 Å². The number of nitrogens with one attached hydrogen (secondary N) is 3. The lowest BCUT2D eigenvalue weighted by Crippen LogP contribution is -2.36. The summed E-state index contributed by atoms with van der Waals surface area (Å²) in [7, 11) is 0. The summed E-state index contributed by atoms with van der Waals surface area (Å²) < 4.78 is 11.1. The Kier molecular flexibility index (Phi) is 6.91. The van der Waals surface area contributed by atoms with Gasteiger partial charge in [-0.25, -0.2) is 4.79 Å². The Morgan fingerprint density at radius 1 is 1.11 bits per heavy atom. The first-order valence-corrected chi connectivity index (χ1v) is 11.6. The van der Waals surface area contributed by atoms with Crippen molar-refractivity contribution >= 4 is 23.7 Å². The molecule has 4 rings (SSSR count). The number of benzene rings is 2. The molecule has 2 amide bonds. The summed E-state index contributed by atoms with van der Waals surface area (Å²) in [5.41, 5.74) is 1.49. The molecule has 35 heavy (non-hydrogen) atoms. The molecule has 8 nitrogen and oxygen atoms in total. The van der Waals surface area contributed by atoms with Crippen molar-refractivity contribution in [2.75, 3.05) is 18.1 Å². The third kappa shape index (κ3) is 5.90. The van der Waals surface area contributed by atoms with Crippen molar-refractivity contribution in [1.82, 2.24) is 10.3 Å². The van der Waals surface area contributed by atoms with E-state index in [9.17, 15) is 9.59 Å². The number of fused-ring (bicyclic) bond motifs is 1. The first-order valence-electron chi connectivity index (χ1n) is 11.6. The first kappa shape index (κ1) is 24.1. The number of hydrogen-bond donors (Lipinski definition) is 3. The molecule has 0 fully saturated rings. The number of aromatic amines is 1. The highest BCUT2D eigenvalue weighted by molar-refractivity contribution is 6.06. The zero-order valence-corrected chi connectivity index (χ0v) is 20.1. The molecule has 2 heterocycles. The summed E-state index contributed by atoms with van der Waals surface area (Å²) in [5, 5.41) is 10.8. The van der Waals surface area contributed by atoms with Crippen LogP contribution in [0.2, 0.25) is 0 Å². The zero-order valence-electron chi connectivity index (χ0n) is 20.1. The zero-order chi connectivity index (χ0) is 25.0. The number of amides is 2. The predicted octanol–water partition coefficient (Wildman–Crippen LogP) is 5.08. The van der Waals surface area contributed by atoms with E-state index in [2.05, 4.69) is 10.3 Å². The third-order valence-corrected chi connectivity index (χ3v) is 5.64. The average molecular weight is 475 g/mol. The average Bonchev–Trinajstić information content (AvgIpc) is 3.48. The molecule has 0 radical (unpaired) electrons. The Morgan fingerprint density at radius 3 is 2.57 bits per heavy atom. The van der Waals surface area contributed by atoms with Crippen LogP contribution in [-0.4, -0.2) is 41.6 Å². The van der Waals surface area contributed by atoms with Crippen LogP contribution < -0.4 is 15.0 Å². The highest BCUT2D eigenvalue weighted by Gasteiger charge is 2.28. The van der Waals surface area contributed by atoms with Crippen LogP contribution >= 0.6 is 0 Å². The van der Waals surface area contributed by atoms with E-state index in [1.807, 2.05) is 54.6 Å². The first-order chi connectivity index (χ1) is 16.7. The van der Waals surface area contributed by atoms with Crippen molar-refractivity contribution in [3.63, 3.8) is 0 Å². The van der Waals surface area contributed by atoms with E-state index in [1.165, 1.54) is 0 Å². The van der Waals surface area contributed by atoms with Gasteiger partial charge in [0.15, 0.2) is 0 Å². The van der Waals surface area contributed by atoms with Gasteiger partial charge >= 0.3 is 6.09 Å². The molecule has 1 aliphatic heterocycles. The maximum atomic E-state index is 13.2. The minimum absolute atomic E-state index is 0.0417. The summed E-state index contributed by atoms with van der Waals surface area (Å²) in [6, 6.07) is 18.4. The van der Waals surface area contributed by atoms with E-state index >= 15 is 0 Å². The van der Waals surface area contributed by atoms with Gasteiger partial charge in [0.2, 0.25) is 0 Å². The maximum Gasteiger partial charge on any atom is 0.413 e. The Bertz CT molecular complexity index is 1200. The molecule has 1 unspecified atom stereocenters.